The quantitative estimate of drug-likeness (QED) is 0.601. The summed E-state index contributed by atoms with van der Waals surface area (Å²) in [4.78, 5) is 23.5. The van der Waals surface area contributed by atoms with Crippen LogP contribution in [0.3, 0.4) is 0 Å². The molecule has 0 spiro atoms. The molecule has 0 unspecified atom stereocenters. The largest absolute Gasteiger partial charge is 0.355 e. The van der Waals surface area contributed by atoms with E-state index in [2.05, 4.69) is 22.9 Å². The Morgan fingerprint density at radius 1 is 1.22 bits per heavy atom. The smallest absolute Gasteiger partial charge is 0.291 e. The fourth-order valence-electron chi connectivity index (χ4n) is 1.76. The minimum absolute atomic E-state index is 0.114. The Morgan fingerprint density at radius 2 is 2.00 bits per heavy atom. The number of amides is 2. The van der Waals surface area contributed by atoms with Crippen molar-refractivity contribution >= 4 is 23.6 Å². The standard InChI is InChI=1S/C16H19N3O3S/c1-2-3-9-23-11-15(20)17-18-16(21)13-10-14(22-19-13)12-7-5-4-6-8-12/h4-8,10H,2-3,9,11H2,1H3,(H,17,20)(H,18,21). The molecule has 0 atom stereocenters. The van der Waals surface area contributed by atoms with Gasteiger partial charge >= 0.3 is 0 Å². The van der Waals surface area contributed by atoms with Gasteiger partial charge in [0, 0.05) is 11.6 Å². The molecule has 2 amide bonds. The lowest BCUT2D eigenvalue weighted by Gasteiger charge is -2.05. The van der Waals surface area contributed by atoms with Crippen molar-refractivity contribution in [1.29, 1.82) is 0 Å². The van der Waals surface area contributed by atoms with E-state index < -0.39 is 5.91 Å². The van der Waals surface area contributed by atoms with E-state index in [9.17, 15) is 9.59 Å². The van der Waals surface area contributed by atoms with Gasteiger partial charge in [0.05, 0.1) is 5.75 Å². The zero-order chi connectivity index (χ0) is 16.5. The topological polar surface area (TPSA) is 84.2 Å². The van der Waals surface area contributed by atoms with Gasteiger partial charge in [0.25, 0.3) is 5.91 Å². The summed E-state index contributed by atoms with van der Waals surface area (Å²) in [6, 6.07) is 10.9. The van der Waals surface area contributed by atoms with Gasteiger partial charge in [0.15, 0.2) is 11.5 Å². The molecule has 0 aliphatic carbocycles. The molecule has 0 aliphatic rings. The molecule has 1 aromatic heterocycles. The highest BCUT2D eigenvalue weighted by molar-refractivity contribution is 7.99. The highest BCUT2D eigenvalue weighted by Crippen LogP contribution is 2.19. The van der Waals surface area contributed by atoms with Gasteiger partial charge in [-0.1, -0.05) is 48.8 Å². The second-order valence-electron chi connectivity index (χ2n) is 4.85. The number of nitrogens with zero attached hydrogens (tertiary/aromatic N) is 1. The molecule has 0 radical (unpaired) electrons. The molecule has 6 nitrogen and oxygen atoms in total. The monoisotopic (exact) mass is 333 g/mol. The molecular formula is C16H19N3O3S. The van der Waals surface area contributed by atoms with Crippen LogP contribution in [0.2, 0.25) is 0 Å². The minimum atomic E-state index is -0.511. The van der Waals surface area contributed by atoms with Crippen molar-refractivity contribution in [3.63, 3.8) is 0 Å². The van der Waals surface area contributed by atoms with Crippen LogP contribution in [-0.4, -0.2) is 28.5 Å². The van der Waals surface area contributed by atoms with Crippen molar-refractivity contribution in [3.05, 3.63) is 42.1 Å². The Hall–Kier alpha value is -2.28. The molecule has 2 aromatic rings. The summed E-state index contributed by atoms with van der Waals surface area (Å²) in [5, 5.41) is 3.71. The van der Waals surface area contributed by atoms with E-state index in [0.717, 1.165) is 24.2 Å². The summed E-state index contributed by atoms with van der Waals surface area (Å²) in [7, 11) is 0. The minimum Gasteiger partial charge on any atom is -0.355 e. The van der Waals surface area contributed by atoms with Crippen LogP contribution in [-0.2, 0) is 4.79 Å². The third kappa shape index (κ3) is 5.45. The van der Waals surface area contributed by atoms with Gasteiger partial charge in [-0.2, -0.15) is 11.8 Å². The molecule has 122 valence electrons. The normalized spacial score (nSPS) is 10.3. The Labute approximate surface area is 139 Å². The first-order valence-corrected chi connectivity index (χ1v) is 8.55. The zero-order valence-electron chi connectivity index (χ0n) is 12.9. The number of unbranched alkanes of at least 4 members (excludes halogenated alkanes) is 1. The number of rotatable bonds is 7. The summed E-state index contributed by atoms with van der Waals surface area (Å²) in [5.74, 6) is 0.988. The van der Waals surface area contributed by atoms with Gasteiger partial charge in [0.1, 0.15) is 0 Å². The summed E-state index contributed by atoms with van der Waals surface area (Å²) >= 11 is 1.54. The lowest BCUT2D eigenvalue weighted by Crippen LogP contribution is -2.42. The molecule has 0 saturated heterocycles. The molecule has 2 rings (SSSR count). The van der Waals surface area contributed by atoms with Gasteiger partial charge in [-0.25, -0.2) is 0 Å². The molecule has 23 heavy (non-hydrogen) atoms. The third-order valence-corrected chi connectivity index (χ3v) is 4.04. The number of benzene rings is 1. The van der Waals surface area contributed by atoms with Gasteiger partial charge in [0.2, 0.25) is 5.91 Å². The summed E-state index contributed by atoms with van der Waals surface area (Å²) in [6.45, 7) is 2.10. The van der Waals surface area contributed by atoms with E-state index in [1.54, 1.807) is 0 Å². The van der Waals surface area contributed by atoms with Crippen LogP contribution in [0.5, 0.6) is 0 Å². The van der Waals surface area contributed by atoms with Gasteiger partial charge in [-0.15, -0.1) is 0 Å². The van der Waals surface area contributed by atoms with Crippen LogP contribution in [0.15, 0.2) is 40.9 Å². The SMILES string of the molecule is CCCCSCC(=O)NNC(=O)c1cc(-c2ccccc2)on1. The maximum atomic E-state index is 11.9. The van der Waals surface area contributed by atoms with E-state index in [-0.39, 0.29) is 11.6 Å². The maximum Gasteiger partial charge on any atom is 0.291 e. The zero-order valence-corrected chi connectivity index (χ0v) is 13.7. The van der Waals surface area contributed by atoms with Gasteiger partial charge in [-0.3, -0.25) is 20.4 Å². The maximum absolute atomic E-state index is 11.9. The molecule has 1 heterocycles. The molecule has 0 saturated carbocycles. The highest BCUT2D eigenvalue weighted by Gasteiger charge is 2.14. The predicted molar refractivity (Wildman–Crippen MR) is 89.8 cm³/mol. The van der Waals surface area contributed by atoms with Gasteiger partial charge < -0.3 is 4.52 Å². The number of hydrazine groups is 1. The molecule has 0 bridgehead atoms. The lowest BCUT2D eigenvalue weighted by molar-refractivity contribution is -0.119. The van der Waals surface area contributed by atoms with E-state index >= 15 is 0 Å². The summed E-state index contributed by atoms with van der Waals surface area (Å²) < 4.78 is 5.14. The average molecular weight is 333 g/mol. The molecule has 1 aromatic carbocycles. The third-order valence-electron chi connectivity index (χ3n) is 2.99. The van der Waals surface area contributed by atoms with Crippen molar-refractivity contribution in [2.24, 2.45) is 0 Å². The molecular weight excluding hydrogens is 314 g/mol. The number of carbonyl (C=O) groups excluding carboxylic acids is 2. The Morgan fingerprint density at radius 3 is 2.74 bits per heavy atom. The number of thioether (sulfide) groups is 1. The van der Waals surface area contributed by atoms with Crippen LogP contribution in [0.25, 0.3) is 11.3 Å². The van der Waals surface area contributed by atoms with Crippen LogP contribution in [0.4, 0.5) is 0 Å². The predicted octanol–water partition coefficient (Wildman–Crippen LogP) is 2.64. The van der Waals surface area contributed by atoms with Crippen molar-refractivity contribution in [2.45, 2.75) is 19.8 Å². The second-order valence-corrected chi connectivity index (χ2v) is 5.96. The van der Waals surface area contributed by atoms with E-state index in [0.29, 0.717) is 11.5 Å². The fourth-order valence-corrected chi connectivity index (χ4v) is 2.65. The number of hydrogen-bond acceptors (Lipinski definition) is 5. The first kappa shape index (κ1) is 17.1. The molecule has 0 aliphatic heterocycles. The molecule has 0 fully saturated rings. The lowest BCUT2D eigenvalue weighted by atomic mass is 10.1. The second kappa shape index (κ2) is 8.99. The summed E-state index contributed by atoms with van der Waals surface area (Å²) in [6.07, 6.45) is 2.17. The van der Waals surface area contributed by atoms with Crippen LogP contribution in [0.1, 0.15) is 30.3 Å². The van der Waals surface area contributed by atoms with Gasteiger partial charge in [-0.05, 0) is 12.2 Å². The Bertz CT molecular complexity index is 643. The van der Waals surface area contributed by atoms with Crippen molar-refractivity contribution < 1.29 is 14.1 Å². The first-order valence-electron chi connectivity index (χ1n) is 7.39. The highest BCUT2D eigenvalue weighted by atomic mass is 32.2. The van der Waals surface area contributed by atoms with Crippen molar-refractivity contribution in [1.82, 2.24) is 16.0 Å². The molecule has 2 N–H and O–H groups in total. The number of hydrogen-bond donors (Lipinski definition) is 2. The van der Waals surface area contributed by atoms with E-state index in [4.69, 9.17) is 4.52 Å². The van der Waals surface area contributed by atoms with E-state index in [1.807, 2.05) is 30.3 Å². The van der Waals surface area contributed by atoms with Crippen LogP contribution >= 0.6 is 11.8 Å². The summed E-state index contributed by atoms with van der Waals surface area (Å²) in [5.41, 5.74) is 5.64. The fraction of sp³-hybridized carbons (Fsp3) is 0.312. The van der Waals surface area contributed by atoms with Crippen molar-refractivity contribution in [3.8, 4) is 11.3 Å². The number of nitrogens with one attached hydrogen (secondary N) is 2. The number of carbonyl (C=O) groups is 2. The van der Waals surface area contributed by atoms with Crippen LogP contribution in [0, 0.1) is 0 Å². The molecule has 7 heteroatoms. The van der Waals surface area contributed by atoms with E-state index in [1.165, 1.54) is 17.8 Å². The Kier molecular flexibility index (Phi) is 6.68. The average Bonchev–Trinajstić information content (AvgIpc) is 3.07. The first-order chi connectivity index (χ1) is 11.2. The van der Waals surface area contributed by atoms with Crippen LogP contribution < -0.4 is 10.9 Å². The Balaban J connectivity index is 1.80. The van der Waals surface area contributed by atoms with Crippen molar-refractivity contribution in [2.75, 3.05) is 11.5 Å². The number of aromatic nitrogens is 1.